The highest BCUT2D eigenvalue weighted by Gasteiger charge is 2.25. The molecule has 1 N–H and O–H groups in total. The molecule has 2 aliphatic rings. The molecule has 0 amide bonds. The molecule has 0 saturated carbocycles. The molecule has 11 rings (SSSR count). The average molecular weight is 982 g/mol. The molecule has 2 aliphatic heterocycles. The van der Waals surface area contributed by atoms with Crippen LogP contribution in [0.25, 0.3) is 66.1 Å². The van der Waals surface area contributed by atoms with Crippen LogP contribution in [0.4, 0.5) is 0 Å². The minimum Gasteiger partial charge on any atom is -0.492 e. The van der Waals surface area contributed by atoms with Crippen LogP contribution in [0.1, 0.15) is 0 Å². The molecule has 0 bridgehead atoms. The molecule has 0 unspecified atom stereocenters. The number of hydrogen-bond acceptors (Lipinski definition) is 10. The number of likely N-dealkylation sites (N-methyl/N-ethyl adjacent to an activating group) is 2. The van der Waals surface area contributed by atoms with Gasteiger partial charge in [0.05, 0.1) is 20.5 Å². The molecule has 5 aromatic carbocycles. The summed E-state index contributed by atoms with van der Waals surface area (Å²) < 4.78 is 40.6. The van der Waals surface area contributed by atoms with E-state index >= 15 is 0 Å². The number of aromatic amines is 1. The second-order valence-corrected chi connectivity index (χ2v) is 20.5. The van der Waals surface area contributed by atoms with E-state index in [9.17, 15) is 8.42 Å². The monoisotopic (exact) mass is 980 g/mol. The molecule has 0 aliphatic carbocycles. The lowest BCUT2D eigenvalue weighted by Gasteiger charge is -2.32. The van der Waals surface area contributed by atoms with Crippen LogP contribution in [-0.4, -0.2) is 140 Å². The third-order valence-electron chi connectivity index (χ3n) is 13.1. The number of benzene rings is 5. The van der Waals surface area contributed by atoms with Crippen molar-refractivity contribution in [2.45, 2.75) is 4.90 Å². The maximum Gasteiger partial charge on any atom is 0.269 e. The molecule has 6 heterocycles. The van der Waals surface area contributed by atoms with E-state index in [-0.39, 0.29) is 4.90 Å². The maximum absolute atomic E-state index is 13.7. The van der Waals surface area contributed by atoms with Crippen LogP contribution in [0.2, 0.25) is 10.0 Å². The van der Waals surface area contributed by atoms with Crippen molar-refractivity contribution in [2.24, 2.45) is 0 Å². The van der Waals surface area contributed by atoms with E-state index in [1.54, 1.807) is 42.6 Å². The van der Waals surface area contributed by atoms with Gasteiger partial charge in [-0.05, 0) is 109 Å². The van der Waals surface area contributed by atoms with E-state index in [2.05, 4.69) is 91.1 Å². The molecule has 0 atom stereocenters. The first-order chi connectivity index (χ1) is 33.6. The number of halogens is 2. The molecule has 9 aromatic rings. The predicted octanol–water partition coefficient (Wildman–Crippen LogP) is 10.0. The van der Waals surface area contributed by atoms with Gasteiger partial charge in [-0.1, -0.05) is 77.8 Å². The zero-order chi connectivity index (χ0) is 47.5. The summed E-state index contributed by atoms with van der Waals surface area (Å²) in [6.07, 6.45) is 3.14. The van der Waals surface area contributed by atoms with Gasteiger partial charge in [-0.2, -0.15) is 0 Å². The Kier molecular flexibility index (Phi) is 13.9. The van der Waals surface area contributed by atoms with Gasteiger partial charge >= 0.3 is 0 Å². The Morgan fingerprint density at radius 3 is 1.64 bits per heavy atom. The summed E-state index contributed by atoms with van der Waals surface area (Å²) in [5.74, 6) is 1.74. The van der Waals surface area contributed by atoms with Crippen LogP contribution in [0.15, 0.2) is 145 Å². The van der Waals surface area contributed by atoms with E-state index in [1.165, 1.54) is 10.2 Å². The number of fused-ring (bicyclic) bond motifs is 6. The third kappa shape index (κ3) is 10.5. The zero-order valence-corrected chi connectivity index (χ0v) is 41.0. The second-order valence-electron chi connectivity index (χ2n) is 17.8. The lowest BCUT2D eigenvalue weighted by molar-refractivity contribution is 0.133. The summed E-state index contributed by atoms with van der Waals surface area (Å²) in [6, 6.07) is 40.6. The molecule has 0 radical (unpaired) electrons. The molecule has 2 saturated heterocycles. The number of ether oxygens (including phenoxy) is 2. The van der Waals surface area contributed by atoms with Gasteiger partial charge in [0, 0.05) is 105 Å². The van der Waals surface area contributed by atoms with E-state index in [0.29, 0.717) is 33.2 Å². The summed E-state index contributed by atoms with van der Waals surface area (Å²) in [5, 5.41) is 4.72. The SMILES string of the molecule is CN1CCN(CCOc2ccc(-c3ccc4[nH]c5ncc(Cl)cc5c4c3)cc2)CC1.CN1CCN(CCOc2ccc(-c3ccc4c(c3)c3cc(Cl)cnc3n4S(=O)(=O)c3ccccc3)cc2)CC1. The van der Waals surface area contributed by atoms with Gasteiger partial charge in [-0.15, -0.1) is 0 Å². The largest absolute Gasteiger partial charge is 0.492 e. The van der Waals surface area contributed by atoms with Crippen LogP contribution in [0.3, 0.4) is 0 Å². The molecule has 0 spiro atoms. The van der Waals surface area contributed by atoms with Crippen molar-refractivity contribution in [3.05, 3.63) is 150 Å². The van der Waals surface area contributed by atoms with E-state index < -0.39 is 10.0 Å². The topological polar surface area (TPSA) is 112 Å². The molecule has 12 nitrogen and oxygen atoms in total. The van der Waals surface area contributed by atoms with Gasteiger partial charge in [0.25, 0.3) is 10.0 Å². The summed E-state index contributed by atoms with van der Waals surface area (Å²) in [7, 11) is 0.459. The van der Waals surface area contributed by atoms with Crippen molar-refractivity contribution in [1.29, 1.82) is 0 Å². The van der Waals surface area contributed by atoms with Crippen LogP contribution in [0.5, 0.6) is 11.5 Å². The highest BCUT2D eigenvalue weighted by atomic mass is 35.5. The van der Waals surface area contributed by atoms with Gasteiger partial charge in [0.15, 0.2) is 5.65 Å². The zero-order valence-electron chi connectivity index (χ0n) is 38.7. The Bertz CT molecular complexity index is 3330. The predicted molar refractivity (Wildman–Crippen MR) is 280 cm³/mol. The molecule has 354 valence electrons. The number of nitrogens with one attached hydrogen (secondary N) is 1. The Labute approximate surface area is 412 Å². The van der Waals surface area contributed by atoms with Crippen molar-refractivity contribution in [3.8, 4) is 33.8 Å². The van der Waals surface area contributed by atoms with Crippen LogP contribution in [0, 0.1) is 0 Å². The fourth-order valence-corrected chi connectivity index (χ4v) is 10.9. The molecule has 15 heteroatoms. The van der Waals surface area contributed by atoms with Gasteiger partial charge in [0.2, 0.25) is 0 Å². The average Bonchev–Trinajstić information content (AvgIpc) is 3.90. The number of piperazine rings is 2. The van der Waals surface area contributed by atoms with Gasteiger partial charge in [0.1, 0.15) is 30.4 Å². The summed E-state index contributed by atoms with van der Waals surface area (Å²) in [5.41, 5.74) is 7.10. The number of pyridine rings is 2. The van der Waals surface area contributed by atoms with Crippen molar-refractivity contribution >= 4 is 77.1 Å². The van der Waals surface area contributed by atoms with Crippen LogP contribution >= 0.6 is 23.2 Å². The van der Waals surface area contributed by atoms with Crippen molar-refractivity contribution in [1.82, 2.24) is 38.5 Å². The van der Waals surface area contributed by atoms with Gasteiger partial charge < -0.3 is 24.3 Å². The first-order valence-electron chi connectivity index (χ1n) is 23.3. The number of H-pyrrole nitrogens is 1. The Morgan fingerprint density at radius 2 is 1.06 bits per heavy atom. The van der Waals surface area contributed by atoms with E-state index in [4.69, 9.17) is 32.7 Å². The molecular weight excluding hydrogens is 928 g/mol. The van der Waals surface area contributed by atoms with Crippen LogP contribution < -0.4 is 9.47 Å². The normalized spacial score (nSPS) is 15.5. The van der Waals surface area contributed by atoms with E-state index in [1.807, 2.05) is 48.5 Å². The van der Waals surface area contributed by atoms with Gasteiger partial charge in [-0.25, -0.2) is 22.4 Å². The Hall–Kier alpha value is -6.03. The fourth-order valence-electron chi connectivity index (χ4n) is 9.10. The second kappa shape index (κ2) is 20.5. The maximum atomic E-state index is 13.7. The Balaban J connectivity index is 0.000000166. The number of rotatable bonds is 12. The number of hydrogen-bond donors (Lipinski definition) is 1. The third-order valence-corrected chi connectivity index (χ3v) is 15.3. The van der Waals surface area contributed by atoms with Gasteiger partial charge in [-0.3, -0.25) is 9.80 Å². The smallest absolute Gasteiger partial charge is 0.269 e. The minimum atomic E-state index is -3.88. The Morgan fingerprint density at radius 1 is 0.551 bits per heavy atom. The summed E-state index contributed by atoms with van der Waals surface area (Å²) in [4.78, 5) is 22.0. The van der Waals surface area contributed by atoms with Crippen molar-refractivity contribution in [2.75, 3.05) is 92.8 Å². The summed E-state index contributed by atoms with van der Waals surface area (Å²) >= 11 is 12.4. The number of nitrogens with zero attached hydrogens (tertiary/aromatic N) is 7. The molecular formula is C54H54Cl2N8O4S. The van der Waals surface area contributed by atoms with Crippen LogP contribution in [-0.2, 0) is 10.0 Å². The first kappa shape index (κ1) is 46.7. The highest BCUT2D eigenvalue weighted by molar-refractivity contribution is 7.90. The lowest BCUT2D eigenvalue weighted by Crippen LogP contribution is -2.45. The minimum absolute atomic E-state index is 0.202. The highest BCUT2D eigenvalue weighted by Crippen LogP contribution is 2.36. The first-order valence-corrected chi connectivity index (χ1v) is 25.5. The quantitative estimate of drug-likeness (QED) is 0.127. The van der Waals surface area contributed by atoms with E-state index in [0.717, 1.165) is 133 Å². The van der Waals surface area contributed by atoms with Crippen molar-refractivity contribution < 1.29 is 17.9 Å². The lowest BCUT2D eigenvalue weighted by atomic mass is 10.0. The fraction of sp³-hybridized carbons (Fsp3) is 0.259. The molecule has 69 heavy (non-hydrogen) atoms. The standard InChI is InChI=1S/C30H29ClN4O3S.C24H25ClN4O/c1-33-13-15-34(16-14-33)17-18-38-25-10-7-22(8-11-25)23-9-12-29-27(19-23)28-20-24(31)21-32-30(28)35(29)39(36,37)26-5-3-2-4-6-26;1-28-8-10-29(11-9-28)12-13-30-20-5-2-17(3-6-20)18-4-7-23-21(14-18)22-15-19(25)16-26-24(22)27-23/h2-12,19-21H,13-18H2,1H3;2-7,14-16H,8-13H2,1H3,(H,26,27). The molecule has 4 aromatic heterocycles. The number of aromatic nitrogens is 4. The van der Waals surface area contributed by atoms with Crippen molar-refractivity contribution in [3.63, 3.8) is 0 Å². The molecule has 2 fully saturated rings. The summed E-state index contributed by atoms with van der Waals surface area (Å²) in [6.45, 7) is 12.1.